The van der Waals surface area contributed by atoms with Crippen molar-refractivity contribution in [3.05, 3.63) is 34.2 Å². The van der Waals surface area contributed by atoms with Gasteiger partial charge in [-0.25, -0.2) is 4.98 Å². The molecule has 2 aromatic rings. The van der Waals surface area contributed by atoms with Gasteiger partial charge >= 0.3 is 0 Å². The van der Waals surface area contributed by atoms with Crippen molar-refractivity contribution in [2.45, 2.75) is 20.8 Å². The summed E-state index contributed by atoms with van der Waals surface area (Å²) in [5, 5.41) is 16.5. The van der Waals surface area contributed by atoms with Crippen LogP contribution in [0.5, 0.6) is 0 Å². The zero-order chi connectivity index (χ0) is 14.0. The molecule has 2 rings (SSSR count). The minimum atomic E-state index is -0.270. The number of nitrogens with one attached hydrogen (secondary N) is 1. The Morgan fingerprint density at radius 3 is 2.84 bits per heavy atom. The molecule has 0 fully saturated rings. The van der Waals surface area contributed by atoms with Crippen LogP contribution in [0.1, 0.15) is 34.5 Å². The molecule has 2 aromatic heterocycles. The number of anilines is 1. The van der Waals surface area contributed by atoms with Crippen LogP contribution in [-0.2, 0) is 0 Å². The first-order valence-electron chi connectivity index (χ1n) is 5.54. The Labute approximate surface area is 113 Å². The van der Waals surface area contributed by atoms with E-state index in [9.17, 15) is 4.79 Å². The summed E-state index contributed by atoms with van der Waals surface area (Å²) in [5.41, 5.74) is 1.41. The number of hydrogen-bond acceptors (Lipinski definition) is 6. The maximum absolute atomic E-state index is 12.0. The highest BCUT2D eigenvalue weighted by molar-refractivity contribution is 7.14. The first kappa shape index (κ1) is 13.3. The maximum atomic E-state index is 12.0. The third kappa shape index (κ3) is 2.82. The number of furan rings is 1. The van der Waals surface area contributed by atoms with Gasteiger partial charge in [0.1, 0.15) is 22.9 Å². The zero-order valence-electron chi connectivity index (χ0n) is 10.7. The van der Waals surface area contributed by atoms with Gasteiger partial charge in [0.05, 0.1) is 5.56 Å². The molecule has 0 aliphatic rings. The Bertz CT molecular complexity index is 642. The van der Waals surface area contributed by atoms with E-state index in [1.165, 1.54) is 11.3 Å². The number of aromatic nitrogens is 1. The summed E-state index contributed by atoms with van der Waals surface area (Å²) < 4.78 is 5.30. The van der Waals surface area contributed by atoms with Gasteiger partial charge in [0.15, 0.2) is 5.13 Å². The average molecular weight is 279 g/mol. The Morgan fingerprint density at radius 2 is 2.26 bits per heavy atom. The van der Waals surface area contributed by atoms with E-state index in [0.29, 0.717) is 33.6 Å². The van der Waals surface area contributed by atoms with E-state index in [1.807, 2.05) is 0 Å². The average Bonchev–Trinajstić information content (AvgIpc) is 2.95. The lowest BCUT2D eigenvalue weighted by Crippen LogP contribution is -2.12. The van der Waals surface area contributed by atoms with E-state index in [2.05, 4.69) is 15.5 Å². The van der Waals surface area contributed by atoms with Gasteiger partial charge in [-0.2, -0.15) is 0 Å². The van der Waals surface area contributed by atoms with Gasteiger partial charge in [0.2, 0.25) is 0 Å². The number of thiazole rings is 1. The molecule has 0 saturated carbocycles. The number of hydrogen-bond donors (Lipinski definition) is 2. The van der Waals surface area contributed by atoms with E-state index < -0.39 is 0 Å². The van der Waals surface area contributed by atoms with E-state index in [1.54, 1.807) is 32.2 Å². The molecular weight excluding hydrogens is 266 g/mol. The fourth-order valence-corrected chi connectivity index (χ4v) is 2.32. The molecule has 0 aliphatic carbocycles. The van der Waals surface area contributed by atoms with Crippen LogP contribution in [0.2, 0.25) is 0 Å². The fraction of sp³-hybridized carbons (Fsp3) is 0.250. The molecule has 19 heavy (non-hydrogen) atoms. The highest BCUT2D eigenvalue weighted by Crippen LogP contribution is 2.19. The summed E-state index contributed by atoms with van der Waals surface area (Å²) in [5.74, 6) is 0.986. The molecule has 0 unspecified atom stereocenters. The smallest absolute Gasteiger partial charge is 0.260 e. The third-order valence-electron chi connectivity index (χ3n) is 2.53. The Morgan fingerprint density at radius 1 is 1.53 bits per heavy atom. The molecule has 0 radical (unpaired) electrons. The summed E-state index contributed by atoms with van der Waals surface area (Å²) in [4.78, 5) is 16.2. The van der Waals surface area contributed by atoms with Crippen LogP contribution in [0, 0.1) is 13.8 Å². The molecule has 1 amide bonds. The van der Waals surface area contributed by atoms with Crippen LogP contribution in [0.3, 0.4) is 0 Å². The van der Waals surface area contributed by atoms with Crippen molar-refractivity contribution in [1.29, 1.82) is 0 Å². The van der Waals surface area contributed by atoms with E-state index >= 15 is 0 Å². The van der Waals surface area contributed by atoms with Gasteiger partial charge in [-0.05, 0) is 26.8 Å². The molecule has 0 spiro atoms. The number of aryl methyl sites for hydroxylation is 2. The van der Waals surface area contributed by atoms with Crippen molar-refractivity contribution >= 4 is 28.1 Å². The topological polar surface area (TPSA) is 87.7 Å². The summed E-state index contributed by atoms with van der Waals surface area (Å²) in [6.07, 6.45) is 0. The molecule has 0 atom stereocenters. The lowest BCUT2D eigenvalue weighted by Gasteiger charge is -1.99. The number of carbonyl (C=O) groups excluding carboxylic acids is 1. The Hall–Kier alpha value is -2.15. The predicted molar refractivity (Wildman–Crippen MR) is 72.2 cm³/mol. The van der Waals surface area contributed by atoms with Crippen molar-refractivity contribution in [1.82, 2.24) is 4.98 Å². The predicted octanol–water partition coefficient (Wildman–Crippen LogP) is 2.80. The highest BCUT2D eigenvalue weighted by atomic mass is 32.1. The summed E-state index contributed by atoms with van der Waals surface area (Å²) in [6.45, 7) is 5.15. The highest BCUT2D eigenvalue weighted by Gasteiger charge is 2.15. The van der Waals surface area contributed by atoms with Crippen LogP contribution >= 0.6 is 11.3 Å². The van der Waals surface area contributed by atoms with Gasteiger partial charge in [-0.1, -0.05) is 5.16 Å². The van der Waals surface area contributed by atoms with E-state index in [0.717, 1.165) is 0 Å². The van der Waals surface area contributed by atoms with Crippen LogP contribution < -0.4 is 5.32 Å². The lowest BCUT2D eigenvalue weighted by atomic mass is 10.2. The summed E-state index contributed by atoms with van der Waals surface area (Å²) in [7, 11) is 0. The number of carbonyl (C=O) groups is 1. The molecule has 100 valence electrons. The second-order valence-electron chi connectivity index (χ2n) is 4.00. The third-order valence-corrected chi connectivity index (χ3v) is 3.29. The SMILES string of the molecule is CC(=NO)c1csc(NC(=O)c2cc(C)oc2C)n1. The van der Waals surface area contributed by atoms with Crippen molar-refractivity contribution in [3.8, 4) is 0 Å². The summed E-state index contributed by atoms with van der Waals surface area (Å²) >= 11 is 1.26. The van der Waals surface area contributed by atoms with E-state index in [-0.39, 0.29) is 5.91 Å². The van der Waals surface area contributed by atoms with Gasteiger partial charge in [-0.3, -0.25) is 10.1 Å². The van der Waals surface area contributed by atoms with Gasteiger partial charge in [-0.15, -0.1) is 11.3 Å². The molecule has 2 heterocycles. The minimum Gasteiger partial charge on any atom is -0.466 e. The van der Waals surface area contributed by atoms with Gasteiger partial charge in [0.25, 0.3) is 5.91 Å². The quantitative estimate of drug-likeness (QED) is 0.513. The standard InChI is InChI=1S/C12H13N3O3S/c1-6-4-9(8(3)18-6)11(16)14-12-13-10(5-19-12)7(2)15-17/h4-5,17H,1-3H3,(H,13,14,16). The second-order valence-corrected chi connectivity index (χ2v) is 4.86. The normalized spacial score (nSPS) is 11.6. The number of rotatable bonds is 3. The van der Waals surface area contributed by atoms with Gasteiger partial charge in [0, 0.05) is 5.38 Å². The molecule has 0 aromatic carbocycles. The van der Waals surface area contributed by atoms with Crippen molar-refractivity contribution in [3.63, 3.8) is 0 Å². The van der Waals surface area contributed by atoms with E-state index in [4.69, 9.17) is 9.62 Å². The Kier molecular flexibility index (Phi) is 3.66. The number of amides is 1. The van der Waals surface area contributed by atoms with Crippen molar-refractivity contribution < 1.29 is 14.4 Å². The van der Waals surface area contributed by atoms with Crippen LogP contribution in [0.4, 0.5) is 5.13 Å². The fourth-order valence-electron chi connectivity index (χ4n) is 1.57. The first-order valence-corrected chi connectivity index (χ1v) is 6.42. The minimum absolute atomic E-state index is 0.270. The van der Waals surface area contributed by atoms with Crippen LogP contribution in [0.15, 0.2) is 21.0 Å². The second kappa shape index (κ2) is 5.23. The largest absolute Gasteiger partial charge is 0.466 e. The molecule has 2 N–H and O–H groups in total. The van der Waals surface area contributed by atoms with Crippen molar-refractivity contribution in [2.24, 2.45) is 5.16 Å². The molecule has 6 nitrogen and oxygen atoms in total. The number of nitrogens with zero attached hydrogens (tertiary/aromatic N) is 2. The first-order chi connectivity index (χ1) is 9.01. The zero-order valence-corrected chi connectivity index (χ0v) is 11.5. The lowest BCUT2D eigenvalue weighted by molar-refractivity contribution is 0.102. The van der Waals surface area contributed by atoms with Crippen LogP contribution in [0.25, 0.3) is 0 Å². The molecule has 0 saturated heterocycles. The van der Waals surface area contributed by atoms with Gasteiger partial charge < -0.3 is 9.62 Å². The Balaban J connectivity index is 2.15. The molecular formula is C12H13N3O3S. The molecule has 0 bridgehead atoms. The molecule has 0 aliphatic heterocycles. The maximum Gasteiger partial charge on any atom is 0.260 e. The number of oxime groups is 1. The molecule has 7 heteroatoms. The van der Waals surface area contributed by atoms with Crippen molar-refractivity contribution in [2.75, 3.05) is 5.32 Å². The summed E-state index contributed by atoms with van der Waals surface area (Å²) in [6, 6.07) is 1.68. The monoisotopic (exact) mass is 279 g/mol. The van der Waals surface area contributed by atoms with Crippen LogP contribution in [-0.4, -0.2) is 21.8 Å².